The first-order valence-electron chi connectivity index (χ1n) is 9.55. The fourth-order valence-corrected chi connectivity index (χ4v) is 7.49. The van der Waals surface area contributed by atoms with Crippen LogP contribution in [0.25, 0.3) is 0 Å². The lowest BCUT2D eigenvalue weighted by Crippen LogP contribution is -2.46. The van der Waals surface area contributed by atoms with E-state index in [0.717, 1.165) is 11.5 Å². The molecule has 0 saturated heterocycles. The number of rotatable bonds is 2. The summed E-state index contributed by atoms with van der Waals surface area (Å²) in [7, 11) is 2.03. The summed E-state index contributed by atoms with van der Waals surface area (Å²) in [5.41, 5.74) is 4.38. The minimum atomic E-state index is -0.148. The zero-order valence-corrected chi connectivity index (χ0v) is 14.4. The highest BCUT2D eigenvalue weighted by Gasteiger charge is 2.79. The first kappa shape index (κ1) is 14.1. The molecule has 6 atom stereocenters. The van der Waals surface area contributed by atoms with Crippen LogP contribution in [0.5, 0.6) is 0 Å². The van der Waals surface area contributed by atoms with Crippen molar-refractivity contribution in [2.45, 2.75) is 42.9 Å². The van der Waals surface area contributed by atoms with Crippen LogP contribution in [0.4, 0.5) is 5.69 Å². The second-order valence-electron chi connectivity index (χ2n) is 8.61. The van der Waals surface area contributed by atoms with Crippen LogP contribution in [0.15, 0.2) is 36.5 Å². The predicted molar refractivity (Wildman–Crippen MR) is 94.6 cm³/mol. The second kappa shape index (κ2) is 4.35. The van der Waals surface area contributed by atoms with Gasteiger partial charge in [-0.05, 0) is 48.0 Å². The van der Waals surface area contributed by atoms with Gasteiger partial charge in [-0.2, -0.15) is 0 Å². The molecule has 5 aliphatic carbocycles. The highest BCUT2D eigenvalue weighted by Crippen LogP contribution is 2.84. The Morgan fingerprint density at radius 3 is 2.76 bits per heavy atom. The van der Waals surface area contributed by atoms with E-state index in [1.165, 1.54) is 36.9 Å². The number of nitrogens with zero attached hydrogens (tertiary/aromatic N) is 2. The van der Waals surface area contributed by atoms with Crippen molar-refractivity contribution in [2.24, 2.45) is 24.8 Å². The summed E-state index contributed by atoms with van der Waals surface area (Å²) >= 11 is 0. The van der Waals surface area contributed by atoms with Gasteiger partial charge in [0.1, 0.15) is 0 Å². The molecule has 3 fully saturated rings. The Labute approximate surface area is 147 Å². The van der Waals surface area contributed by atoms with E-state index in [1.54, 1.807) is 6.20 Å². The molecule has 1 aromatic carbocycles. The van der Waals surface area contributed by atoms with Crippen LogP contribution in [0, 0.1) is 27.9 Å². The van der Waals surface area contributed by atoms with Crippen LogP contribution in [-0.2, 0) is 12.5 Å². The molecule has 1 aromatic heterocycles. The molecule has 4 heteroatoms. The van der Waals surface area contributed by atoms with Gasteiger partial charge in [0.05, 0.1) is 16.7 Å². The molecular formula is C21H22N2O2. The summed E-state index contributed by atoms with van der Waals surface area (Å²) in [5.74, 6) is 3.00. The maximum absolute atomic E-state index is 11.7. The Morgan fingerprint density at radius 1 is 1.20 bits per heavy atom. The summed E-state index contributed by atoms with van der Waals surface area (Å²) < 4.78 is 2.12. The third-order valence-electron chi connectivity index (χ3n) is 7.88. The number of hydrogen-bond acceptors (Lipinski definition) is 2. The molecule has 128 valence electrons. The topological polar surface area (TPSA) is 48.1 Å². The molecule has 2 aromatic rings. The summed E-state index contributed by atoms with van der Waals surface area (Å²) in [4.78, 5) is 11.5. The fraction of sp³-hybridized carbons (Fsp3) is 0.524. The minimum Gasteiger partial charge on any atom is -0.347 e. The van der Waals surface area contributed by atoms with Crippen LogP contribution in [0.1, 0.15) is 54.3 Å². The van der Waals surface area contributed by atoms with E-state index >= 15 is 0 Å². The van der Waals surface area contributed by atoms with Gasteiger partial charge in [-0.25, -0.2) is 0 Å². The van der Waals surface area contributed by atoms with Gasteiger partial charge in [0.15, 0.2) is 0 Å². The molecule has 7 rings (SSSR count). The average Bonchev–Trinajstić information content (AvgIpc) is 3.12. The van der Waals surface area contributed by atoms with Crippen LogP contribution in [0.3, 0.4) is 0 Å². The van der Waals surface area contributed by atoms with E-state index in [1.807, 2.05) is 7.05 Å². The van der Waals surface area contributed by atoms with Gasteiger partial charge in [-0.15, -0.1) is 0 Å². The van der Waals surface area contributed by atoms with Crippen molar-refractivity contribution in [1.82, 2.24) is 4.57 Å². The summed E-state index contributed by atoms with van der Waals surface area (Å²) in [5, 5.41) is 11.7. The predicted octanol–water partition coefficient (Wildman–Crippen LogP) is 4.50. The lowest BCUT2D eigenvalue weighted by atomic mass is 9.53. The number of aryl methyl sites for hydroxylation is 1. The lowest BCUT2D eigenvalue weighted by Gasteiger charge is -2.51. The largest absolute Gasteiger partial charge is 0.347 e. The van der Waals surface area contributed by atoms with E-state index in [9.17, 15) is 10.1 Å². The van der Waals surface area contributed by atoms with Gasteiger partial charge in [0.2, 0.25) is 0 Å². The minimum absolute atomic E-state index is 0.127. The van der Waals surface area contributed by atoms with Crippen molar-refractivity contribution in [3.63, 3.8) is 0 Å². The molecule has 0 amide bonds. The molecule has 0 aliphatic heterocycles. The monoisotopic (exact) mass is 334 g/mol. The quantitative estimate of drug-likeness (QED) is 0.599. The third-order valence-corrected chi connectivity index (χ3v) is 7.88. The molecule has 0 radical (unpaired) electrons. The van der Waals surface area contributed by atoms with Crippen molar-refractivity contribution in [3.05, 3.63) is 63.5 Å². The van der Waals surface area contributed by atoms with Gasteiger partial charge in [-0.3, -0.25) is 10.1 Å². The molecule has 0 N–H and O–H groups in total. The van der Waals surface area contributed by atoms with Crippen molar-refractivity contribution >= 4 is 5.69 Å². The number of aromatic nitrogens is 1. The lowest BCUT2D eigenvalue weighted by molar-refractivity contribution is -0.385. The first-order valence-corrected chi connectivity index (χ1v) is 9.55. The smallest absolute Gasteiger partial charge is 0.290 e. The van der Waals surface area contributed by atoms with Crippen molar-refractivity contribution < 1.29 is 4.92 Å². The summed E-state index contributed by atoms with van der Waals surface area (Å²) in [6, 6.07) is 11.0. The molecule has 4 bridgehead atoms. The highest BCUT2D eigenvalue weighted by atomic mass is 16.6. The maximum Gasteiger partial charge on any atom is 0.290 e. The molecule has 1 spiro atoms. The number of benzene rings is 1. The van der Waals surface area contributed by atoms with Gasteiger partial charge in [-0.1, -0.05) is 43.2 Å². The van der Waals surface area contributed by atoms with Crippen LogP contribution in [-0.4, -0.2) is 9.49 Å². The van der Waals surface area contributed by atoms with Crippen molar-refractivity contribution in [3.8, 4) is 0 Å². The van der Waals surface area contributed by atoms with E-state index in [-0.39, 0.29) is 10.3 Å². The Kier molecular flexibility index (Phi) is 2.45. The Hall–Kier alpha value is -2.10. The number of nitro groups is 1. The summed E-state index contributed by atoms with van der Waals surface area (Å²) in [6.07, 6.45) is 6.87. The van der Waals surface area contributed by atoms with Crippen molar-refractivity contribution in [1.29, 1.82) is 0 Å². The highest BCUT2D eigenvalue weighted by molar-refractivity contribution is 5.62. The fourth-order valence-electron chi connectivity index (χ4n) is 7.49. The van der Waals surface area contributed by atoms with E-state index < -0.39 is 0 Å². The SMILES string of the molecule is Cn1cc([N+](=O)[O-])c2c1[C@@]13CCCC[C@@H]1[C@H]1[C@@H]2[C@H]1[C@@H]3c1ccccc1. The van der Waals surface area contributed by atoms with Gasteiger partial charge >= 0.3 is 0 Å². The molecule has 4 nitrogen and oxygen atoms in total. The zero-order chi connectivity index (χ0) is 16.9. The van der Waals surface area contributed by atoms with E-state index in [2.05, 4.69) is 34.9 Å². The summed E-state index contributed by atoms with van der Waals surface area (Å²) in [6.45, 7) is 0. The van der Waals surface area contributed by atoms with Crippen LogP contribution in [0.2, 0.25) is 0 Å². The Morgan fingerprint density at radius 2 is 2.00 bits per heavy atom. The standard InChI is InChI=1S/C21H22N2O2/c1-22-11-14(23(24)25)16-17-15-13-9-5-6-10-21(13,20(16)22)19(18(15)17)12-7-3-2-4-8-12/h2-4,7-8,11,13,15,17-19H,5-6,9-10H2,1H3/t13-,15+,17+,18+,19+,21+/m1/s1. The molecule has 1 heterocycles. The Balaban J connectivity index is 1.64. The molecular weight excluding hydrogens is 312 g/mol. The van der Waals surface area contributed by atoms with Crippen LogP contribution >= 0.6 is 0 Å². The third kappa shape index (κ3) is 1.43. The maximum atomic E-state index is 11.7. The molecule has 5 aliphatic rings. The molecule has 3 saturated carbocycles. The van der Waals surface area contributed by atoms with Gasteiger partial charge in [0, 0.05) is 18.2 Å². The number of hydrogen-bond donors (Lipinski definition) is 0. The zero-order valence-electron chi connectivity index (χ0n) is 14.4. The van der Waals surface area contributed by atoms with Gasteiger partial charge in [0.25, 0.3) is 5.69 Å². The average molecular weight is 334 g/mol. The molecule has 0 unspecified atom stereocenters. The van der Waals surface area contributed by atoms with Crippen molar-refractivity contribution in [2.75, 3.05) is 0 Å². The normalized spacial score (nSPS) is 39.6. The Bertz CT molecular complexity index is 902. The van der Waals surface area contributed by atoms with Gasteiger partial charge < -0.3 is 4.57 Å². The van der Waals surface area contributed by atoms with E-state index in [0.29, 0.717) is 29.4 Å². The molecule has 25 heavy (non-hydrogen) atoms. The van der Waals surface area contributed by atoms with E-state index in [4.69, 9.17) is 0 Å². The second-order valence-corrected chi connectivity index (χ2v) is 8.61. The van der Waals surface area contributed by atoms with Crippen LogP contribution < -0.4 is 0 Å². The first-order chi connectivity index (χ1) is 12.2.